The smallest absolute Gasteiger partial charge is 0.311 e. The van der Waals surface area contributed by atoms with Crippen LogP contribution in [0.4, 0.5) is 5.69 Å². The monoisotopic (exact) mass is 351 g/mol. The van der Waals surface area contributed by atoms with E-state index in [1.165, 1.54) is 18.3 Å². The molecule has 0 radical (unpaired) electrons. The highest BCUT2D eigenvalue weighted by atomic mass is 16.6. The molecule has 0 aliphatic carbocycles. The summed E-state index contributed by atoms with van der Waals surface area (Å²) in [5.41, 5.74) is 3.91. The lowest BCUT2D eigenvalue weighted by Crippen LogP contribution is -2.18. The van der Waals surface area contributed by atoms with E-state index in [2.05, 4.69) is 20.7 Å². The molecule has 0 spiro atoms. The maximum absolute atomic E-state index is 12.1. The van der Waals surface area contributed by atoms with Crippen LogP contribution in [-0.2, 0) is 0 Å². The first-order valence-corrected chi connectivity index (χ1v) is 7.46. The first-order chi connectivity index (χ1) is 12.5. The molecule has 26 heavy (non-hydrogen) atoms. The summed E-state index contributed by atoms with van der Waals surface area (Å²) in [6, 6.07) is 14.7. The maximum Gasteiger partial charge on any atom is 0.311 e. The first-order valence-electron chi connectivity index (χ1n) is 7.46. The van der Waals surface area contributed by atoms with Gasteiger partial charge in [-0.05, 0) is 18.2 Å². The van der Waals surface area contributed by atoms with Crippen LogP contribution in [-0.4, -0.2) is 32.3 Å². The number of phenols is 1. The van der Waals surface area contributed by atoms with Gasteiger partial charge in [0.1, 0.15) is 5.69 Å². The van der Waals surface area contributed by atoms with Crippen LogP contribution in [0.1, 0.15) is 16.1 Å². The van der Waals surface area contributed by atoms with E-state index in [-0.39, 0.29) is 5.69 Å². The lowest BCUT2D eigenvalue weighted by molar-refractivity contribution is -0.385. The van der Waals surface area contributed by atoms with Gasteiger partial charge in [-0.3, -0.25) is 20.0 Å². The number of nitrogens with one attached hydrogen (secondary N) is 2. The minimum absolute atomic E-state index is 0.220. The summed E-state index contributed by atoms with van der Waals surface area (Å²) in [5.74, 6) is -0.953. The van der Waals surface area contributed by atoms with Gasteiger partial charge in [0.05, 0.1) is 16.8 Å². The number of carbonyl (C=O) groups excluding carboxylic acids is 1. The van der Waals surface area contributed by atoms with Gasteiger partial charge in [-0.1, -0.05) is 30.3 Å². The van der Waals surface area contributed by atoms with Crippen molar-refractivity contribution in [1.29, 1.82) is 0 Å². The molecule has 0 aliphatic rings. The summed E-state index contributed by atoms with van der Waals surface area (Å²) < 4.78 is 0. The predicted molar refractivity (Wildman–Crippen MR) is 93.8 cm³/mol. The van der Waals surface area contributed by atoms with E-state index in [9.17, 15) is 20.0 Å². The fourth-order valence-corrected chi connectivity index (χ4v) is 2.19. The van der Waals surface area contributed by atoms with Crippen LogP contribution >= 0.6 is 0 Å². The molecule has 0 fully saturated rings. The van der Waals surface area contributed by atoms with Gasteiger partial charge < -0.3 is 5.11 Å². The number of rotatable bonds is 5. The third-order valence-electron chi connectivity index (χ3n) is 3.47. The minimum atomic E-state index is -0.707. The summed E-state index contributed by atoms with van der Waals surface area (Å²) in [7, 11) is 0. The van der Waals surface area contributed by atoms with Crippen LogP contribution in [0.15, 0.2) is 59.7 Å². The number of hydrogen-bond donors (Lipinski definition) is 3. The van der Waals surface area contributed by atoms with Gasteiger partial charge in [0.2, 0.25) is 0 Å². The number of hydrogen-bond acceptors (Lipinski definition) is 6. The topological polar surface area (TPSA) is 134 Å². The largest absolute Gasteiger partial charge is 0.502 e. The molecule has 0 saturated carbocycles. The molecule has 3 N–H and O–H groups in total. The Morgan fingerprint density at radius 1 is 1.23 bits per heavy atom. The molecule has 1 aromatic heterocycles. The van der Waals surface area contributed by atoms with Gasteiger partial charge in [-0.15, -0.1) is 0 Å². The van der Waals surface area contributed by atoms with E-state index in [0.29, 0.717) is 11.3 Å². The van der Waals surface area contributed by atoms with Crippen molar-refractivity contribution in [2.75, 3.05) is 0 Å². The first kappa shape index (κ1) is 16.8. The molecule has 0 saturated heterocycles. The number of phenolic OH excluding ortho intramolecular Hbond substituents is 1. The molecule has 0 bridgehead atoms. The average Bonchev–Trinajstić information content (AvgIpc) is 3.14. The number of nitrogens with zero attached hydrogens (tertiary/aromatic N) is 3. The Bertz CT molecular complexity index is 982. The number of hydrazone groups is 1. The quantitative estimate of drug-likeness (QED) is 0.369. The van der Waals surface area contributed by atoms with Crippen molar-refractivity contribution < 1.29 is 14.8 Å². The molecule has 3 rings (SSSR count). The zero-order valence-corrected chi connectivity index (χ0v) is 13.3. The maximum atomic E-state index is 12.1. The fourth-order valence-electron chi connectivity index (χ4n) is 2.19. The molecule has 0 aliphatic heterocycles. The summed E-state index contributed by atoms with van der Waals surface area (Å²) in [4.78, 5) is 22.1. The Morgan fingerprint density at radius 3 is 2.73 bits per heavy atom. The van der Waals surface area contributed by atoms with Crippen molar-refractivity contribution in [2.24, 2.45) is 5.10 Å². The van der Waals surface area contributed by atoms with Crippen molar-refractivity contribution in [3.05, 3.63) is 76.0 Å². The van der Waals surface area contributed by atoms with Crippen LogP contribution in [0.5, 0.6) is 5.75 Å². The third-order valence-corrected chi connectivity index (χ3v) is 3.47. The normalized spacial score (nSPS) is 10.8. The zero-order valence-electron chi connectivity index (χ0n) is 13.3. The second-order valence-corrected chi connectivity index (χ2v) is 5.24. The van der Waals surface area contributed by atoms with Crippen molar-refractivity contribution in [3.8, 4) is 17.0 Å². The summed E-state index contributed by atoms with van der Waals surface area (Å²) in [6.45, 7) is 0. The van der Waals surface area contributed by atoms with E-state index in [1.807, 2.05) is 30.3 Å². The predicted octanol–water partition coefficient (Wildman–Crippen LogP) is 2.45. The second-order valence-electron chi connectivity index (χ2n) is 5.24. The number of carbonyl (C=O) groups is 1. The molecule has 9 heteroatoms. The number of H-pyrrole nitrogens is 1. The number of nitro groups is 1. The Labute approximate surface area is 147 Å². The highest BCUT2D eigenvalue weighted by molar-refractivity contribution is 5.94. The number of aromatic nitrogens is 2. The molecule has 3 aromatic rings. The van der Waals surface area contributed by atoms with Crippen LogP contribution in [0.2, 0.25) is 0 Å². The number of nitro benzene ring substituents is 1. The van der Waals surface area contributed by atoms with Gasteiger partial charge in [0.25, 0.3) is 5.91 Å². The molecular weight excluding hydrogens is 338 g/mol. The Balaban J connectivity index is 1.68. The van der Waals surface area contributed by atoms with Gasteiger partial charge >= 0.3 is 5.69 Å². The number of amides is 1. The van der Waals surface area contributed by atoms with E-state index < -0.39 is 22.3 Å². The van der Waals surface area contributed by atoms with Crippen molar-refractivity contribution in [1.82, 2.24) is 15.6 Å². The Hall–Kier alpha value is -4.01. The lowest BCUT2D eigenvalue weighted by Gasteiger charge is -1.98. The SMILES string of the molecule is O=C(N/N=C/c1ccc(O)c([N+](=O)[O-])c1)c1cc(-c2ccccc2)n[nH]1. The van der Waals surface area contributed by atoms with Gasteiger partial charge in [0.15, 0.2) is 5.75 Å². The van der Waals surface area contributed by atoms with Crippen molar-refractivity contribution in [3.63, 3.8) is 0 Å². The molecule has 2 aromatic carbocycles. The van der Waals surface area contributed by atoms with Crippen LogP contribution in [0.25, 0.3) is 11.3 Å². The third kappa shape index (κ3) is 3.73. The lowest BCUT2D eigenvalue weighted by atomic mass is 10.1. The van der Waals surface area contributed by atoms with Gasteiger partial charge in [0, 0.05) is 17.2 Å². The minimum Gasteiger partial charge on any atom is -0.502 e. The molecular formula is C17H13N5O4. The van der Waals surface area contributed by atoms with E-state index in [1.54, 1.807) is 6.07 Å². The van der Waals surface area contributed by atoms with E-state index >= 15 is 0 Å². The average molecular weight is 351 g/mol. The van der Waals surface area contributed by atoms with Crippen molar-refractivity contribution >= 4 is 17.8 Å². The van der Waals surface area contributed by atoms with E-state index in [4.69, 9.17) is 0 Å². The van der Waals surface area contributed by atoms with Gasteiger partial charge in [-0.25, -0.2) is 5.43 Å². The van der Waals surface area contributed by atoms with Crippen LogP contribution in [0.3, 0.4) is 0 Å². The molecule has 1 heterocycles. The standard InChI is InChI=1S/C17H13N5O4/c23-16-7-6-11(8-15(16)22(25)26)10-18-21-17(24)14-9-13(19-20-14)12-4-2-1-3-5-12/h1-10,23H,(H,19,20)(H,21,24)/b18-10+. The molecule has 1 amide bonds. The highest BCUT2D eigenvalue weighted by Crippen LogP contribution is 2.25. The summed E-state index contributed by atoms with van der Waals surface area (Å²) >= 11 is 0. The van der Waals surface area contributed by atoms with Gasteiger partial charge in [-0.2, -0.15) is 10.2 Å². The van der Waals surface area contributed by atoms with E-state index in [0.717, 1.165) is 11.6 Å². The highest BCUT2D eigenvalue weighted by Gasteiger charge is 2.13. The molecule has 0 unspecified atom stereocenters. The summed E-state index contributed by atoms with van der Waals surface area (Å²) in [5, 5.41) is 30.6. The van der Waals surface area contributed by atoms with Crippen molar-refractivity contribution in [2.45, 2.75) is 0 Å². The zero-order chi connectivity index (χ0) is 18.5. The molecule has 0 atom stereocenters. The fraction of sp³-hybridized carbons (Fsp3) is 0. The number of aromatic hydroxyl groups is 1. The number of benzene rings is 2. The molecule has 9 nitrogen and oxygen atoms in total. The summed E-state index contributed by atoms with van der Waals surface area (Å²) in [6.07, 6.45) is 1.23. The molecule has 130 valence electrons. The van der Waals surface area contributed by atoms with Crippen LogP contribution < -0.4 is 5.43 Å². The number of aromatic amines is 1. The second kappa shape index (κ2) is 7.26. The Morgan fingerprint density at radius 2 is 2.00 bits per heavy atom. The van der Waals surface area contributed by atoms with Crippen LogP contribution in [0, 0.1) is 10.1 Å². The Kier molecular flexibility index (Phi) is 4.70.